The number of ether oxygens (including phenoxy) is 1. The van der Waals surface area contributed by atoms with Crippen LogP contribution in [0.3, 0.4) is 0 Å². The van der Waals surface area contributed by atoms with Crippen LogP contribution in [-0.4, -0.2) is 11.4 Å². The lowest BCUT2D eigenvalue weighted by molar-refractivity contribution is -0.123. The van der Waals surface area contributed by atoms with Crippen LogP contribution in [0, 0.1) is 6.92 Å². The molecule has 1 saturated carbocycles. The maximum atomic E-state index is 11.9. The second-order valence-corrected chi connectivity index (χ2v) is 5.87. The van der Waals surface area contributed by atoms with Gasteiger partial charge in [-0.15, -0.1) is 12.4 Å². The first-order chi connectivity index (χ1) is 10.6. The number of para-hydroxylation sites is 1. The molecule has 23 heavy (non-hydrogen) atoms. The molecule has 2 aromatic carbocycles. The monoisotopic (exact) mass is 332 g/mol. The van der Waals surface area contributed by atoms with Crippen LogP contribution in [0.5, 0.6) is 11.5 Å². The largest absolute Gasteiger partial charge is 0.457 e. The highest BCUT2D eigenvalue weighted by Gasteiger charge is 2.45. The van der Waals surface area contributed by atoms with Crippen molar-refractivity contribution in [1.82, 2.24) is 5.32 Å². The molecular weight excluding hydrogens is 312 g/mol. The summed E-state index contributed by atoms with van der Waals surface area (Å²) in [6.07, 6.45) is 1.53. The van der Waals surface area contributed by atoms with Gasteiger partial charge in [0, 0.05) is 12.1 Å². The molecule has 0 heterocycles. The van der Waals surface area contributed by atoms with Crippen LogP contribution in [0.1, 0.15) is 24.0 Å². The number of nitrogens with one attached hydrogen (secondary N) is 1. The van der Waals surface area contributed by atoms with E-state index in [-0.39, 0.29) is 18.3 Å². The number of carbonyl (C=O) groups is 1. The molecule has 3 rings (SSSR count). The fourth-order valence-corrected chi connectivity index (χ4v) is 2.27. The first-order valence-electron chi connectivity index (χ1n) is 7.46. The minimum Gasteiger partial charge on any atom is -0.457 e. The van der Waals surface area contributed by atoms with Crippen LogP contribution in [-0.2, 0) is 11.3 Å². The Morgan fingerprint density at radius 1 is 1.22 bits per heavy atom. The quantitative estimate of drug-likeness (QED) is 0.882. The predicted octanol–water partition coefficient (Wildman–Crippen LogP) is 3.32. The van der Waals surface area contributed by atoms with E-state index in [0.717, 1.165) is 35.5 Å². The summed E-state index contributed by atoms with van der Waals surface area (Å²) < 4.78 is 5.94. The van der Waals surface area contributed by atoms with Gasteiger partial charge in [0.25, 0.3) is 0 Å². The van der Waals surface area contributed by atoms with Gasteiger partial charge in [-0.3, -0.25) is 4.79 Å². The molecule has 122 valence electrons. The molecule has 2 aromatic rings. The van der Waals surface area contributed by atoms with Crippen molar-refractivity contribution in [2.75, 3.05) is 0 Å². The molecule has 1 fully saturated rings. The lowest BCUT2D eigenvalue weighted by Gasteiger charge is -2.14. The Hall–Kier alpha value is -2.04. The van der Waals surface area contributed by atoms with Gasteiger partial charge in [0.2, 0.25) is 5.91 Å². The molecule has 0 atom stereocenters. The molecule has 0 radical (unpaired) electrons. The Morgan fingerprint density at radius 2 is 1.96 bits per heavy atom. The first kappa shape index (κ1) is 17.3. The van der Waals surface area contributed by atoms with Crippen LogP contribution in [0.25, 0.3) is 0 Å². The van der Waals surface area contributed by atoms with E-state index in [4.69, 9.17) is 10.5 Å². The number of amides is 1. The zero-order valence-corrected chi connectivity index (χ0v) is 13.9. The van der Waals surface area contributed by atoms with Crippen molar-refractivity contribution in [2.45, 2.75) is 31.8 Å². The molecule has 0 aromatic heterocycles. The fourth-order valence-electron chi connectivity index (χ4n) is 2.27. The van der Waals surface area contributed by atoms with E-state index in [0.29, 0.717) is 6.54 Å². The highest BCUT2D eigenvalue weighted by atomic mass is 35.5. The van der Waals surface area contributed by atoms with E-state index in [2.05, 4.69) is 5.32 Å². The minimum atomic E-state index is -0.646. The predicted molar refractivity (Wildman–Crippen MR) is 92.9 cm³/mol. The minimum absolute atomic E-state index is 0. The molecule has 1 aliphatic rings. The Balaban J connectivity index is 0.00000192. The third-order valence-corrected chi connectivity index (χ3v) is 3.87. The molecule has 0 unspecified atom stereocenters. The molecule has 0 saturated heterocycles. The molecule has 4 nitrogen and oxygen atoms in total. The average Bonchev–Trinajstić information content (AvgIpc) is 3.25. The van der Waals surface area contributed by atoms with Crippen LogP contribution in [0.4, 0.5) is 0 Å². The summed E-state index contributed by atoms with van der Waals surface area (Å²) in [5.74, 6) is 1.45. The number of carbonyl (C=O) groups excluding carboxylic acids is 1. The normalized spacial score (nSPS) is 14.5. The lowest BCUT2D eigenvalue weighted by atomic mass is 10.2. The second-order valence-electron chi connectivity index (χ2n) is 5.87. The molecular formula is C18H21ClN2O2. The SMILES string of the molecule is Cc1cccc(Oc2ccccc2CNC(=O)C2(N)CC2)c1.Cl. The van der Waals surface area contributed by atoms with Crippen LogP contribution in [0.2, 0.25) is 0 Å². The van der Waals surface area contributed by atoms with E-state index in [9.17, 15) is 4.79 Å². The van der Waals surface area contributed by atoms with Gasteiger partial charge in [-0.25, -0.2) is 0 Å². The van der Waals surface area contributed by atoms with Crippen molar-refractivity contribution in [2.24, 2.45) is 5.73 Å². The van der Waals surface area contributed by atoms with Gasteiger partial charge in [-0.1, -0.05) is 30.3 Å². The highest BCUT2D eigenvalue weighted by molar-refractivity contribution is 5.88. The van der Waals surface area contributed by atoms with Crippen molar-refractivity contribution in [1.29, 1.82) is 0 Å². The molecule has 0 bridgehead atoms. The topological polar surface area (TPSA) is 64.3 Å². The zero-order valence-electron chi connectivity index (χ0n) is 13.0. The third-order valence-electron chi connectivity index (χ3n) is 3.87. The third kappa shape index (κ3) is 4.24. The van der Waals surface area contributed by atoms with Crippen LogP contribution >= 0.6 is 12.4 Å². The maximum Gasteiger partial charge on any atom is 0.240 e. The zero-order chi connectivity index (χ0) is 15.6. The van der Waals surface area contributed by atoms with Crippen molar-refractivity contribution >= 4 is 18.3 Å². The van der Waals surface area contributed by atoms with Crippen molar-refractivity contribution in [3.63, 3.8) is 0 Å². The summed E-state index contributed by atoms with van der Waals surface area (Å²) in [6, 6.07) is 15.6. The van der Waals surface area contributed by atoms with E-state index < -0.39 is 5.54 Å². The summed E-state index contributed by atoms with van der Waals surface area (Å²) in [6.45, 7) is 2.44. The fraction of sp³-hybridized carbons (Fsp3) is 0.278. The standard InChI is InChI=1S/C18H20N2O2.ClH/c1-13-5-4-7-15(11-13)22-16-8-3-2-6-14(16)12-20-17(21)18(19)9-10-18;/h2-8,11H,9-10,12,19H2,1H3,(H,20,21);1H. The smallest absolute Gasteiger partial charge is 0.240 e. The number of halogens is 1. The Morgan fingerprint density at radius 3 is 2.65 bits per heavy atom. The van der Waals surface area contributed by atoms with E-state index in [1.54, 1.807) is 0 Å². The van der Waals surface area contributed by atoms with Gasteiger partial charge in [0.1, 0.15) is 11.5 Å². The van der Waals surface area contributed by atoms with Gasteiger partial charge in [0.15, 0.2) is 0 Å². The van der Waals surface area contributed by atoms with Crippen LogP contribution < -0.4 is 15.8 Å². The summed E-state index contributed by atoms with van der Waals surface area (Å²) in [5.41, 5.74) is 7.32. The highest BCUT2D eigenvalue weighted by Crippen LogP contribution is 2.32. The van der Waals surface area contributed by atoms with Gasteiger partial charge in [-0.05, 0) is 43.5 Å². The number of nitrogens with two attached hydrogens (primary N) is 1. The Labute approximate surface area is 142 Å². The van der Waals surface area contributed by atoms with Crippen molar-refractivity contribution in [3.05, 3.63) is 59.7 Å². The van der Waals surface area contributed by atoms with E-state index >= 15 is 0 Å². The summed E-state index contributed by atoms with van der Waals surface area (Å²) in [7, 11) is 0. The first-order valence-corrected chi connectivity index (χ1v) is 7.46. The molecule has 1 amide bonds. The summed E-state index contributed by atoms with van der Waals surface area (Å²) in [5, 5.41) is 2.90. The van der Waals surface area contributed by atoms with Gasteiger partial charge in [-0.2, -0.15) is 0 Å². The number of rotatable bonds is 5. The Bertz CT molecular complexity index is 699. The molecule has 3 N–H and O–H groups in total. The number of aryl methyl sites for hydroxylation is 1. The Kier molecular flexibility index (Phi) is 5.29. The van der Waals surface area contributed by atoms with Gasteiger partial charge >= 0.3 is 0 Å². The summed E-state index contributed by atoms with van der Waals surface area (Å²) >= 11 is 0. The van der Waals surface area contributed by atoms with E-state index in [1.807, 2.05) is 55.5 Å². The number of benzene rings is 2. The lowest BCUT2D eigenvalue weighted by Crippen LogP contribution is -2.42. The number of hydrogen-bond acceptors (Lipinski definition) is 3. The average molecular weight is 333 g/mol. The van der Waals surface area contributed by atoms with Gasteiger partial charge < -0.3 is 15.8 Å². The molecule has 0 spiro atoms. The molecule has 1 aliphatic carbocycles. The summed E-state index contributed by atoms with van der Waals surface area (Å²) in [4.78, 5) is 11.9. The molecule has 0 aliphatic heterocycles. The molecule has 5 heteroatoms. The van der Waals surface area contributed by atoms with Gasteiger partial charge in [0.05, 0.1) is 5.54 Å². The van der Waals surface area contributed by atoms with Crippen molar-refractivity contribution in [3.8, 4) is 11.5 Å². The second kappa shape index (κ2) is 7.02. The maximum absolute atomic E-state index is 11.9. The number of hydrogen-bond donors (Lipinski definition) is 2. The van der Waals surface area contributed by atoms with E-state index in [1.165, 1.54) is 0 Å². The van der Waals surface area contributed by atoms with Crippen molar-refractivity contribution < 1.29 is 9.53 Å². The van der Waals surface area contributed by atoms with Crippen LogP contribution in [0.15, 0.2) is 48.5 Å².